The minimum Gasteiger partial charge on any atom is -0.508 e. The molecule has 6 nitrogen and oxygen atoms in total. The van der Waals surface area contributed by atoms with Crippen LogP contribution < -0.4 is 9.47 Å². The normalized spacial score (nSPS) is 10.9. The molecule has 242 valence electrons. The highest BCUT2D eigenvalue weighted by Crippen LogP contribution is 2.42. The van der Waals surface area contributed by atoms with Gasteiger partial charge >= 0.3 is 0 Å². The lowest BCUT2D eigenvalue weighted by molar-refractivity contribution is 0.377. The van der Waals surface area contributed by atoms with Crippen molar-refractivity contribution in [2.24, 2.45) is 0 Å². The highest BCUT2D eigenvalue weighted by atomic mass is 16.5. The number of phenolic OH excluding ortho intramolecular Hbond substituents is 4. The maximum absolute atomic E-state index is 11.4. The molecule has 0 aliphatic rings. The molecule has 6 rings (SSSR count). The highest BCUT2D eigenvalue weighted by molar-refractivity contribution is 5.56. The molecule has 48 heavy (non-hydrogen) atoms. The summed E-state index contributed by atoms with van der Waals surface area (Å²) in [5.41, 5.74) is 6.33. The van der Waals surface area contributed by atoms with Crippen LogP contribution in [0.5, 0.6) is 46.0 Å². The van der Waals surface area contributed by atoms with Crippen molar-refractivity contribution < 1.29 is 29.9 Å². The van der Waals surface area contributed by atoms with E-state index >= 15 is 0 Å². The van der Waals surface area contributed by atoms with Gasteiger partial charge in [-0.15, -0.1) is 0 Å². The van der Waals surface area contributed by atoms with Crippen molar-refractivity contribution in [2.75, 3.05) is 0 Å². The van der Waals surface area contributed by atoms with Gasteiger partial charge in [-0.05, 0) is 145 Å². The number of ether oxygens (including phenoxy) is 2. The Balaban J connectivity index is 1.22. The van der Waals surface area contributed by atoms with Gasteiger partial charge < -0.3 is 29.9 Å². The average molecular weight is 639 g/mol. The second-order valence-electron chi connectivity index (χ2n) is 11.9. The van der Waals surface area contributed by atoms with E-state index in [1.165, 1.54) is 0 Å². The molecule has 0 saturated carbocycles. The van der Waals surface area contributed by atoms with Crippen LogP contribution in [0.1, 0.15) is 33.4 Å². The second kappa shape index (κ2) is 15.1. The topological polar surface area (TPSA) is 99.4 Å². The van der Waals surface area contributed by atoms with E-state index in [0.29, 0.717) is 24.3 Å². The summed E-state index contributed by atoms with van der Waals surface area (Å²) >= 11 is 0. The molecule has 0 aliphatic carbocycles. The van der Waals surface area contributed by atoms with Crippen LogP contribution in [0, 0.1) is 0 Å². The highest BCUT2D eigenvalue weighted by Gasteiger charge is 2.16. The predicted molar refractivity (Wildman–Crippen MR) is 188 cm³/mol. The van der Waals surface area contributed by atoms with E-state index in [0.717, 1.165) is 59.1 Å². The number of rotatable bonds is 13. The number of hydrogen-bond acceptors (Lipinski definition) is 6. The van der Waals surface area contributed by atoms with E-state index in [-0.39, 0.29) is 34.5 Å². The van der Waals surface area contributed by atoms with Gasteiger partial charge in [-0.1, -0.05) is 60.7 Å². The van der Waals surface area contributed by atoms with E-state index in [1.807, 2.05) is 97.1 Å². The fourth-order valence-corrected chi connectivity index (χ4v) is 5.62. The van der Waals surface area contributed by atoms with Gasteiger partial charge in [0.25, 0.3) is 0 Å². The van der Waals surface area contributed by atoms with Crippen LogP contribution in [0.3, 0.4) is 0 Å². The Morgan fingerprint density at radius 3 is 1.19 bits per heavy atom. The Morgan fingerprint density at radius 2 is 0.729 bits per heavy atom. The van der Waals surface area contributed by atoms with Gasteiger partial charge in [-0.3, -0.25) is 0 Å². The third-order valence-electron chi connectivity index (χ3n) is 8.24. The zero-order valence-electron chi connectivity index (χ0n) is 26.5. The molecular formula is C42H38O6. The molecule has 0 radical (unpaired) electrons. The van der Waals surface area contributed by atoms with Crippen LogP contribution in [0.15, 0.2) is 133 Å². The Hall–Kier alpha value is -5.88. The summed E-state index contributed by atoms with van der Waals surface area (Å²) in [4.78, 5) is 0. The number of benzene rings is 6. The molecule has 6 aromatic rings. The van der Waals surface area contributed by atoms with Gasteiger partial charge in [0.05, 0.1) is 0 Å². The Labute approximate surface area is 280 Å². The van der Waals surface area contributed by atoms with E-state index in [1.54, 1.807) is 36.4 Å². The predicted octanol–water partition coefficient (Wildman–Crippen LogP) is 9.45. The van der Waals surface area contributed by atoms with Crippen molar-refractivity contribution in [2.45, 2.75) is 38.5 Å². The van der Waals surface area contributed by atoms with Crippen molar-refractivity contribution in [3.8, 4) is 46.0 Å². The van der Waals surface area contributed by atoms with E-state index in [9.17, 15) is 20.4 Å². The number of aryl methyl sites for hydroxylation is 6. The first-order valence-electron chi connectivity index (χ1n) is 16.1. The molecule has 6 heteroatoms. The van der Waals surface area contributed by atoms with E-state index in [2.05, 4.69) is 0 Å². The maximum Gasteiger partial charge on any atom is 0.202 e. The molecule has 0 atom stereocenters. The SMILES string of the molecule is Oc1ccc(CCc2cccc(Oc3cc(CCc4cccc(O)c4)cc(Oc4cccc(CCc5ccc(O)cc5)c4)c3O)c2)cc1. The first-order chi connectivity index (χ1) is 23.4. The van der Waals surface area contributed by atoms with Crippen LogP contribution >= 0.6 is 0 Å². The summed E-state index contributed by atoms with van der Waals surface area (Å²) in [6.45, 7) is 0. The maximum atomic E-state index is 11.4. The molecule has 0 aliphatic heterocycles. The van der Waals surface area contributed by atoms with Crippen molar-refractivity contribution in [1.29, 1.82) is 0 Å². The first kappa shape index (κ1) is 32.1. The third kappa shape index (κ3) is 8.89. The van der Waals surface area contributed by atoms with Crippen LogP contribution in [-0.2, 0) is 38.5 Å². The van der Waals surface area contributed by atoms with Crippen molar-refractivity contribution in [1.82, 2.24) is 0 Å². The van der Waals surface area contributed by atoms with E-state index in [4.69, 9.17) is 9.47 Å². The van der Waals surface area contributed by atoms with Gasteiger partial charge in [0, 0.05) is 0 Å². The third-order valence-corrected chi connectivity index (χ3v) is 8.24. The zero-order chi connectivity index (χ0) is 33.3. The zero-order valence-corrected chi connectivity index (χ0v) is 26.5. The van der Waals surface area contributed by atoms with Crippen molar-refractivity contribution in [3.63, 3.8) is 0 Å². The summed E-state index contributed by atoms with van der Waals surface area (Å²) < 4.78 is 12.6. The van der Waals surface area contributed by atoms with Crippen molar-refractivity contribution >= 4 is 0 Å². The van der Waals surface area contributed by atoms with E-state index < -0.39 is 0 Å². The largest absolute Gasteiger partial charge is 0.508 e. The minimum absolute atomic E-state index is 0.0971. The fraction of sp³-hybridized carbons (Fsp3) is 0.143. The molecular weight excluding hydrogens is 600 g/mol. The molecule has 6 aromatic carbocycles. The Kier molecular flexibility index (Phi) is 10.1. The lowest BCUT2D eigenvalue weighted by Gasteiger charge is -2.16. The smallest absolute Gasteiger partial charge is 0.202 e. The summed E-state index contributed by atoms with van der Waals surface area (Å²) in [7, 11) is 0. The molecule has 0 unspecified atom stereocenters. The summed E-state index contributed by atoms with van der Waals surface area (Å²) in [6.07, 6.45) is 4.51. The molecule has 0 heterocycles. The van der Waals surface area contributed by atoms with Crippen LogP contribution in [-0.4, -0.2) is 20.4 Å². The average Bonchev–Trinajstić information content (AvgIpc) is 3.09. The van der Waals surface area contributed by atoms with Gasteiger partial charge in [0.1, 0.15) is 28.7 Å². The molecule has 0 fully saturated rings. The number of hydrogen-bond donors (Lipinski definition) is 4. The molecule has 4 N–H and O–H groups in total. The molecule has 0 bridgehead atoms. The Morgan fingerprint density at radius 1 is 0.333 bits per heavy atom. The quantitative estimate of drug-likeness (QED) is 0.101. The van der Waals surface area contributed by atoms with Gasteiger partial charge in [0.15, 0.2) is 11.5 Å². The molecule has 0 aromatic heterocycles. The molecule has 0 spiro atoms. The Bertz CT molecular complexity index is 1850. The summed E-state index contributed by atoms with van der Waals surface area (Å²) in [5, 5.41) is 40.5. The van der Waals surface area contributed by atoms with Crippen molar-refractivity contribution in [3.05, 3.63) is 167 Å². The number of phenols is 4. The lowest BCUT2D eigenvalue weighted by Crippen LogP contribution is -1.97. The standard InChI is InChI=1S/C42H38O6/c43-35-20-16-29(17-21-35)10-12-32-5-2-8-38(25-32)47-40-27-34(15-14-31-4-1-7-37(45)24-31)28-41(42(40)46)48-39-9-3-6-33(26-39)13-11-30-18-22-36(44)23-19-30/h1-9,16-28,43-46H,10-15H2. The lowest BCUT2D eigenvalue weighted by atomic mass is 10.0. The second-order valence-corrected chi connectivity index (χ2v) is 11.9. The molecule has 0 saturated heterocycles. The van der Waals surface area contributed by atoms with Crippen LogP contribution in [0.25, 0.3) is 0 Å². The van der Waals surface area contributed by atoms with Crippen LogP contribution in [0.2, 0.25) is 0 Å². The van der Waals surface area contributed by atoms with Gasteiger partial charge in [-0.25, -0.2) is 0 Å². The van der Waals surface area contributed by atoms with Gasteiger partial charge in [-0.2, -0.15) is 0 Å². The van der Waals surface area contributed by atoms with Crippen LogP contribution in [0.4, 0.5) is 0 Å². The summed E-state index contributed by atoms with van der Waals surface area (Å²) in [5.74, 6) is 2.40. The fourth-order valence-electron chi connectivity index (χ4n) is 5.62. The molecule has 0 amide bonds. The van der Waals surface area contributed by atoms with Gasteiger partial charge in [0.2, 0.25) is 5.75 Å². The number of aromatic hydroxyl groups is 4. The monoisotopic (exact) mass is 638 g/mol. The minimum atomic E-state index is -0.0971. The summed E-state index contributed by atoms with van der Waals surface area (Å²) in [6, 6.07) is 41.0. The first-order valence-corrected chi connectivity index (χ1v) is 16.1.